The van der Waals surface area contributed by atoms with E-state index < -0.39 is 15.4 Å². The van der Waals surface area contributed by atoms with Crippen LogP contribution in [-0.4, -0.2) is 29.9 Å². The minimum absolute atomic E-state index is 0. The molecule has 152 valence electrons. The molecule has 0 radical (unpaired) electrons. The molecule has 0 aliphatic heterocycles. The minimum Gasteiger partial charge on any atom is -0.748 e. The monoisotopic (exact) mass is 416 g/mol. The zero-order valence-electron chi connectivity index (χ0n) is 17.4. The van der Waals surface area contributed by atoms with Gasteiger partial charge in [-0.3, -0.25) is 0 Å². The molecule has 0 bridgehead atoms. The van der Waals surface area contributed by atoms with Crippen molar-refractivity contribution in [2.24, 2.45) is 0 Å². The summed E-state index contributed by atoms with van der Waals surface area (Å²) in [5.74, 6) is 0. The topological polar surface area (TPSA) is 77.4 Å². The normalized spacial score (nSPS) is 12.7. The average molecular weight is 417 g/mol. The van der Waals surface area contributed by atoms with Crippen molar-refractivity contribution in [1.29, 1.82) is 0 Å². The van der Waals surface area contributed by atoms with Gasteiger partial charge in [-0.1, -0.05) is 96.8 Å². The summed E-state index contributed by atoms with van der Waals surface area (Å²) in [6.45, 7) is 2.44. The summed E-state index contributed by atoms with van der Waals surface area (Å²) in [5, 5.41) is 8.04. The molecular weight excluding hydrogens is 375 g/mol. The molecule has 0 aromatic carbocycles. The molecule has 0 aliphatic rings. The van der Waals surface area contributed by atoms with Gasteiger partial charge in [0.25, 0.3) is 0 Å². The summed E-state index contributed by atoms with van der Waals surface area (Å²) in [6, 6.07) is 0. The number of hydrogen-bond acceptors (Lipinski definition) is 4. The second-order valence-corrected chi connectivity index (χ2v) is 9.02. The Morgan fingerprint density at radius 1 is 0.692 bits per heavy atom. The Kier molecular flexibility index (Phi) is 24.2. The molecule has 0 fully saturated rings. The number of aliphatic hydroxyl groups is 1. The third-order valence-corrected chi connectivity index (χ3v) is 6.26. The van der Waals surface area contributed by atoms with Crippen molar-refractivity contribution in [3.05, 3.63) is 0 Å². The summed E-state index contributed by atoms with van der Waals surface area (Å²) in [4.78, 5) is 0. The molecule has 26 heavy (non-hydrogen) atoms. The quantitative estimate of drug-likeness (QED) is 0.199. The second-order valence-electron chi connectivity index (χ2n) is 7.37. The van der Waals surface area contributed by atoms with Crippen LogP contribution in [0.4, 0.5) is 0 Å². The van der Waals surface area contributed by atoms with Gasteiger partial charge in [0.05, 0.1) is 10.1 Å². The number of unbranched alkanes of at least 4 members (excludes halogenated alkanes) is 13. The fourth-order valence-corrected chi connectivity index (χ4v) is 4.22. The summed E-state index contributed by atoms with van der Waals surface area (Å²) in [6.07, 6.45) is 17.8. The van der Waals surface area contributed by atoms with E-state index in [2.05, 4.69) is 6.92 Å². The van der Waals surface area contributed by atoms with Crippen LogP contribution in [0, 0.1) is 0 Å². The van der Waals surface area contributed by atoms with Crippen LogP contribution in [0.25, 0.3) is 0 Å². The van der Waals surface area contributed by atoms with Gasteiger partial charge in [0.2, 0.25) is 0 Å². The van der Waals surface area contributed by atoms with Crippen molar-refractivity contribution in [3.63, 3.8) is 0 Å². The molecule has 0 amide bonds. The molecule has 0 heterocycles. The predicted molar refractivity (Wildman–Crippen MR) is 105 cm³/mol. The van der Waals surface area contributed by atoms with E-state index in [9.17, 15) is 13.0 Å². The van der Waals surface area contributed by atoms with Crippen molar-refractivity contribution in [2.75, 3.05) is 6.61 Å². The Bertz CT molecular complexity index is 374. The van der Waals surface area contributed by atoms with Gasteiger partial charge in [-0.05, 0) is 19.3 Å². The predicted octanol–water partition coefficient (Wildman–Crippen LogP) is 2.55. The summed E-state index contributed by atoms with van der Waals surface area (Å²) in [7, 11) is -4.13. The first-order chi connectivity index (χ1) is 12.0. The first kappa shape index (κ1) is 29.7. The minimum atomic E-state index is -4.13. The zero-order valence-corrected chi connectivity index (χ0v) is 21.3. The van der Waals surface area contributed by atoms with Crippen LogP contribution in [-0.2, 0) is 10.1 Å². The van der Waals surface area contributed by atoms with E-state index >= 15 is 0 Å². The summed E-state index contributed by atoms with van der Waals surface area (Å²) in [5.41, 5.74) is 0. The molecule has 0 saturated carbocycles. The third-order valence-electron chi connectivity index (χ3n) is 4.97. The molecule has 6 heteroatoms. The van der Waals surface area contributed by atoms with Gasteiger partial charge in [-0.25, -0.2) is 8.42 Å². The van der Waals surface area contributed by atoms with Crippen LogP contribution in [0.1, 0.15) is 116 Å². The van der Waals surface area contributed by atoms with Crippen molar-refractivity contribution in [3.8, 4) is 0 Å². The van der Waals surface area contributed by atoms with Crippen LogP contribution < -0.4 is 51.4 Å². The van der Waals surface area contributed by atoms with Crippen molar-refractivity contribution in [1.82, 2.24) is 0 Å². The fraction of sp³-hybridized carbons (Fsp3) is 1.00. The molecule has 4 nitrogen and oxygen atoms in total. The zero-order chi connectivity index (χ0) is 18.8. The van der Waals surface area contributed by atoms with Crippen LogP contribution in [0.5, 0.6) is 0 Å². The van der Waals surface area contributed by atoms with Gasteiger partial charge in [-0.15, -0.1) is 0 Å². The Hall–Kier alpha value is 1.51. The molecule has 0 aliphatic carbocycles. The molecule has 0 aromatic heterocycles. The Morgan fingerprint density at radius 3 is 1.38 bits per heavy atom. The summed E-state index contributed by atoms with van der Waals surface area (Å²) >= 11 is 0. The standard InChI is InChI=1S/C20H42O4S.K/c1-2-3-4-14-17-20(25(22,23)24)18-15-12-10-8-6-5-7-9-11-13-16-19-21;/h20-21H,2-19H2,1H3,(H,22,23,24);/q;+1/p-1. The van der Waals surface area contributed by atoms with Crippen LogP contribution in [0.3, 0.4) is 0 Å². The molecule has 1 unspecified atom stereocenters. The molecule has 1 atom stereocenters. The molecule has 0 saturated heterocycles. The number of hydrogen-bond donors (Lipinski definition) is 1. The van der Waals surface area contributed by atoms with Crippen LogP contribution in [0.2, 0.25) is 0 Å². The maximum Gasteiger partial charge on any atom is 1.00 e. The van der Waals surface area contributed by atoms with Gasteiger partial charge in [0.1, 0.15) is 0 Å². The molecule has 0 rings (SSSR count). The van der Waals surface area contributed by atoms with E-state index in [4.69, 9.17) is 5.11 Å². The molecule has 0 spiro atoms. The van der Waals surface area contributed by atoms with E-state index in [0.29, 0.717) is 19.4 Å². The Labute approximate surface area is 205 Å². The van der Waals surface area contributed by atoms with Gasteiger partial charge in [-0.2, -0.15) is 0 Å². The van der Waals surface area contributed by atoms with E-state index in [1.165, 1.54) is 38.5 Å². The first-order valence-electron chi connectivity index (χ1n) is 10.6. The van der Waals surface area contributed by atoms with E-state index in [1.807, 2.05) is 0 Å². The van der Waals surface area contributed by atoms with Gasteiger partial charge in [0.15, 0.2) is 0 Å². The number of rotatable bonds is 19. The average Bonchev–Trinajstić information content (AvgIpc) is 2.56. The summed E-state index contributed by atoms with van der Waals surface area (Å²) < 4.78 is 34.1. The van der Waals surface area contributed by atoms with Crippen molar-refractivity contribution in [2.45, 2.75) is 121 Å². The maximum absolute atomic E-state index is 11.4. The first-order valence-corrected chi connectivity index (χ1v) is 12.0. The third kappa shape index (κ3) is 20.2. The van der Waals surface area contributed by atoms with Gasteiger partial charge in [0, 0.05) is 11.9 Å². The van der Waals surface area contributed by atoms with Crippen LogP contribution >= 0.6 is 0 Å². The SMILES string of the molecule is CCCCCCC(CCCCCCCCCCCCCO)S(=O)(=O)[O-].[K+]. The molecule has 1 N–H and O–H groups in total. The Balaban J connectivity index is 0. The van der Waals surface area contributed by atoms with Gasteiger partial charge >= 0.3 is 51.4 Å². The van der Waals surface area contributed by atoms with Crippen molar-refractivity contribution >= 4 is 10.1 Å². The molecule has 0 aromatic rings. The smallest absolute Gasteiger partial charge is 0.748 e. The van der Waals surface area contributed by atoms with Crippen molar-refractivity contribution < 1.29 is 69.5 Å². The van der Waals surface area contributed by atoms with Gasteiger partial charge < -0.3 is 9.66 Å². The van der Waals surface area contributed by atoms with E-state index in [0.717, 1.165) is 57.8 Å². The fourth-order valence-electron chi connectivity index (χ4n) is 3.31. The van der Waals surface area contributed by atoms with Crippen LogP contribution in [0.15, 0.2) is 0 Å². The largest absolute Gasteiger partial charge is 1.00 e. The van der Waals surface area contributed by atoms with E-state index in [-0.39, 0.29) is 51.4 Å². The molecular formula is C20H41KO4S. The van der Waals surface area contributed by atoms with E-state index in [1.54, 1.807) is 0 Å². The Morgan fingerprint density at radius 2 is 1.04 bits per heavy atom. The maximum atomic E-state index is 11.4. The second kappa shape index (κ2) is 21.2. The number of aliphatic hydroxyl groups excluding tert-OH is 1.